The minimum atomic E-state index is -0.216. The second kappa shape index (κ2) is 6.46. The Labute approximate surface area is 138 Å². The molecule has 2 aliphatic rings. The van der Waals surface area contributed by atoms with Crippen LogP contribution in [-0.4, -0.2) is 18.4 Å². The smallest absolute Gasteiger partial charge is 0.338 e. The Bertz CT molecular complexity index is 568. The van der Waals surface area contributed by atoms with Gasteiger partial charge in [0.2, 0.25) is 0 Å². The number of ether oxygens (including phenoxy) is 1. The highest BCUT2D eigenvalue weighted by Gasteiger charge is 2.53. The summed E-state index contributed by atoms with van der Waals surface area (Å²) in [7, 11) is 0. The largest absolute Gasteiger partial charge is 0.458 e. The molecule has 0 amide bonds. The zero-order chi connectivity index (χ0) is 16.4. The van der Waals surface area contributed by atoms with Crippen LogP contribution in [0.4, 0.5) is 0 Å². The molecule has 0 bridgehead atoms. The average molecular weight is 314 g/mol. The van der Waals surface area contributed by atoms with Crippen LogP contribution in [0, 0.1) is 23.2 Å². The molecule has 1 aromatic rings. The second-order valence-electron chi connectivity index (χ2n) is 7.49. The summed E-state index contributed by atoms with van der Waals surface area (Å²) in [5, 5.41) is 0. The van der Waals surface area contributed by atoms with Crippen molar-refractivity contribution >= 4 is 12.3 Å². The Morgan fingerprint density at radius 1 is 1.26 bits per heavy atom. The quantitative estimate of drug-likeness (QED) is 0.616. The molecule has 124 valence electrons. The van der Waals surface area contributed by atoms with Crippen LogP contribution in [0.3, 0.4) is 0 Å². The van der Waals surface area contributed by atoms with Gasteiger partial charge in [0, 0.05) is 11.8 Å². The van der Waals surface area contributed by atoms with Crippen LogP contribution in [0.15, 0.2) is 30.3 Å². The monoisotopic (exact) mass is 314 g/mol. The van der Waals surface area contributed by atoms with Gasteiger partial charge in [-0.1, -0.05) is 32.0 Å². The molecule has 0 aliphatic heterocycles. The number of carbonyl (C=O) groups is 2. The fourth-order valence-electron chi connectivity index (χ4n) is 5.04. The molecule has 0 saturated heterocycles. The lowest BCUT2D eigenvalue weighted by Gasteiger charge is -2.45. The summed E-state index contributed by atoms with van der Waals surface area (Å²) in [6.07, 6.45) is 6.37. The van der Waals surface area contributed by atoms with E-state index in [4.69, 9.17) is 4.74 Å². The molecule has 0 N–H and O–H groups in total. The van der Waals surface area contributed by atoms with E-state index >= 15 is 0 Å². The van der Waals surface area contributed by atoms with Gasteiger partial charge in [-0.15, -0.1) is 0 Å². The lowest BCUT2D eigenvalue weighted by molar-refractivity contribution is -0.114. The van der Waals surface area contributed by atoms with E-state index in [1.165, 1.54) is 0 Å². The fourth-order valence-corrected chi connectivity index (χ4v) is 5.04. The van der Waals surface area contributed by atoms with Gasteiger partial charge in [-0.2, -0.15) is 0 Å². The van der Waals surface area contributed by atoms with Crippen molar-refractivity contribution in [2.24, 2.45) is 23.2 Å². The third kappa shape index (κ3) is 2.93. The van der Waals surface area contributed by atoms with Gasteiger partial charge in [-0.05, 0) is 55.6 Å². The number of carbonyl (C=O) groups excluding carboxylic acids is 2. The van der Waals surface area contributed by atoms with Crippen molar-refractivity contribution in [2.45, 2.75) is 52.1 Å². The molecule has 3 heteroatoms. The maximum atomic E-state index is 12.4. The highest BCUT2D eigenvalue weighted by Crippen LogP contribution is 2.58. The van der Waals surface area contributed by atoms with Gasteiger partial charge >= 0.3 is 5.97 Å². The zero-order valence-electron chi connectivity index (χ0n) is 14.0. The molecule has 2 aliphatic carbocycles. The second-order valence-corrected chi connectivity index (χ2v) is 7.49. The van der Waals surface area contributed by atoms with E-state index in [1.807, 2.05) is 25.1 Å². The maximum Gasteiger partial charge on any atom is 0.338 e. The van der Waals surface area contributed by atoms with Crippen LogP contribution in [0.5, 0.6) is 0 Å². The normalized spacial score (nSPS) is 34.4. The van der Waals surface area contributed by atoms with Crippen LogP contribution in [0.25, 0.3) is 0 Å². The number of fused-ring (bicyclic) bond motifs is 1. The predicted octanol–water partition coefficient (Wildman–Crippen LogP) is 4.26. The first-order chi connectivity index (χ1) is 11.1. The first-order valence-electron chi connectivity index (χ1n) is 8.77. The molecule has 3 rings (SSSR count). The standard InChI is InChI=1S/C20H26O3/c1-14(13-21)16-10-11-17-18(9-6-12-20(16,17)2)23-19(22)15-7-4-3-5-8-15/h3-5,7-8,13-14,16-18H,6,9-12H2,1-2H3/t14-,16?,17?,18+,20-/m0/s1. The van der Waals surface area contributed by atoms with Gasteiger partial charge in [0.1, 0.15) is 12.4 Å². The zero-order valence-corrected chi connectivity index (χ0v) is 14.0. The number of aldehydes is 1. The third-order valence-electron chi connectivity index (χ3n) is 6.25. The van der Waals surface area contributed by atoms with E-state index in [0.717, 1.165) is 38.4 Å². The van der Waals surface area contributed by atoms with E-state index < -0.39 is 0 Å². The number of benzene rings is 1. The number of rotatable bonds is 4. The number of hydrogen-bond acceptors (Lipinski definition) is 3. The van der Waals surface area contributed by atoms with Crippen molar-refractivity contribution in [3.63, 3.8) is 0 Å². The van der Waals surface area contributed by atoms with Gasteiger partial charge in [-0.25, -0.2) is 4.79 Å². The lowest BCUT2D eigenvalue weighted by atomic mass is 9.62. The van der Waals surface area contributed by atoms with Crippen LogP contribution < -0.4 is 0 Å². The Balaban J connectivity index is 1.75. The maximum absolute atomic E-state index is 12.4. The van der Waals surface area contributed by atoms with E-state index in [0.29, 0.717) is 17.4 Å². The Morgan fingerprint density at radius 2 is 2.00 bits per heavy atom. The van der Waals surface area contributed by atoms with Crippen molar-refractivity contribution in [1.82, 2.24) is 0 Å². The van der Waals surface area contributed by atoms with Crippen LogP contribution >= 0.6 is 0 Å². The number of hydrogen-bond donors (Lipinski definition) is 0. The first kappa shape index (κ1) is 16.2. The van der Waals surface area contributed by atoms with Crippen molar-refractivity contribution in [3.8, 4) is 0 Å². The van der Waals surface area contributed by atoms with Gasteiger partial charge in [0.25, 0.3) is 0 Å². The fraction of sp³-hybridized carbons (Fsp3) is 0.600. The summed E-state index contributed by atoms with van der Waals surface area (Å²) in [6.45, 7) is 4.34. The Morgan fingerprint density at radius 3 is 2.70 bits per heavy atom. The summed E-state index contributed by atoms with van der Waals surface area (Å²) in [5.41, 5.74) is 0.746. The van der Waals surface area contributed by atoms with Gasteiger partial charge in [0.15, 0.2) is 0 Å². The summed E-state index contributed by atoms with van der Waals surface area (Å²) >= 11 is 0. The molecular weight excluding hydrogens is 288 g/mol. The minimum Gasteiger partial charge on any atom is -0.458 e. The average Bonchev–Trinajstić information content (AvgIpc) is 2.93. The van der Waals surface area contributed by atoms with Gasteiger partial charge in [-0.3, -0.25) is 0 Å². The van der Waals surface area contributed by atoms with Gasteiger partial charge < -0.3 is 9.53 Å². The molecule has 2 saturated carbocycles. The third-order valence-corrected chi connectivity index (χ3v) is 6.25. The summed E-state index contributed by atoms with van der Waals surface area (Å²) < 4.78 is 5.89. The summed E-state index contributed by atoms with van der Waals surface area (Å²) in [6, 6.07) is 9.22. The van der Waals surface area contributed by atoms with Gasteiger partial charge in [0.05, 0.1) is 5.56 Å². The van der Waals surface area contributed by atoms with E-state index in [2.05, 4.69) is 6.92 Å². The summed E-state index contributed by atoms with van der Waals surface area (Å²) in [4.78, 5) is 23.7. The highest BCUT2D eigenvalue weighted by molar-refractivity contribution is 5.89. The summed E-state index contributed by atoms with van der Waals surface area (Å²) in [5.74, 6) is 0.680. The SMILES string of the molecule is C[C@@H](C=O)C1CCC2[C@H](OC(=O)c3ccccc3)CCC[C@@]12C. The number of esters is 1. The van der Waals surface area contributed by atoms with E-state index in [9.17, 15) is 9.59 Å². The van der Waals surface area contributed by atoms with E-state index in [-0.39, 0.29) is 23.4 Å². The Hall–Kier alpha value is -1.64. The molecule has 0 spiro atoms. The molecule has 1 aromatic carbocycles. The molecule has 0 radical (unpaired) electrons. The Kier molecular flexibility index (Phi) is 4.56. The molecule has 2 fully saturated rings. The minimum absolute atomic E-state index is 0.00897. The van der Waals surface area contributed by atoms with Crippen molar-refractivity contribution in [2.75, 3.05) is 0 Å². The molecule has 23 heavy (non-hydrogen) atoms. The van der Waals surface area contributed by atoms with Crippen molar-refractivity contribution in [3.05, 3.63) is 35.9 Å². The molecule has 0 heterocycles. The molecule has 2 unspecified atom stereocenters. The van der Waals surface area contributed by atoms with Crippen LogP contribution in [0.2, 0.25) is 0 Å². The molecule has 0 aromatic heterocycles. The van der Waals surface area contributed by atoms with Crippen molar-refractivity contribution in [1.29, 1.82) is 0 Å². The van der Waals surface area contributed by atoms with Crippen molar-refractivity contribution < 1.29 is 14.3 Å². The van der Waals surface area contributed by atoms with E-state index in [1.54, 1.807) is 12.1 Å². The molecular formula is C20H26O3. The van der Waals surface area contributed by atoms with Crippen LogP contribution in [-0.2, 0) is 9.53 Å². The predicted molar refractivity (Wildman–Crippen MR) is 89.0 cm³/mol. The first-order valence-corrected chi connectivity index (χ1v) is 8.77. The molecule has 5 atom stereocenters. The van der Waals surface area contributed by atoms with Crippen LogP contribution in [0.1, 0.15) is 56.3 Å². The lowest BCUT2D eigenvalue weighted by Crippen LogP contribution is -2.43. The topological polar surface area (TPSA) is 43.4 Å². The highest BCUT2D eigenvalue weighted by atomic mass is 16.5. The molecule has 3 nitrogen and oxygen atoms in total.